The van der Waals surface area contributed by atoms with E-state index >= 15 is 0 Å². The number of nitrogens with one attached hydrogen (secondary N) is 1. The van der Waals surface area contributed by atoms with E-state index < -0.39 is 5.56 Å². The molecular formula is C18H14N2O2S. The normalized spacial score (nSPS) is 10.3. The highest BCUT2D eigenvalue weighted by molar-refractivity contribution is 7.15. The lowest BCUT2D eigenvalue weighted by Crippen LogP contribution is -2.12. The number of ether oxygens (including phenoxy) is 1. The molecule has 5 heteroatoms. The fourth-order valence-corrected chi connectivity index (χ4v) is 3.30. The summed E-state index contributed by atoms with van der Waals surface area (Å²) in [5.41, 5.74) is 1.71. The van der Waals surface area contributed by atoms with E-state index in [2.05, 4.69) is 4.98 Å². The van der Waals surface area contributed by atoms with Gasteiger partial charge in [-0.2, -0.15) is 5.26 Å². The number of aromatic nitrogens is 1. The van der Waals surface area contributed by atoms with Crippen LogP contribution < -0.4 is 10.3 Å². The van der Waals surface area contributed by atoms with Gasteiger partial charge in [-0.1, -0.05) is 18.2 Å². The Bertz CT molecular complexity index is 964. The molecule has 0 bridgehead atoms. The predicted molar refractivity (Wildman–Crippen MR) is 91.8 cm³/mol. The number of benzene rings is 1. The Morgan fingerprint density at radius 2 is 1.96 bits per heavy atom. The summed E-state index contributed by atoms with van der Waals surface area (Å²) in [6.45, 7) is 2.01. The molecule has 0 radical (unpaired) electrons. The lowest BCUT2D eigenvalue weighted by Gasteiger charge is -2.10. The third kappa shape index (κ3) is 2.77. The monoisotopic (exact) mass is 322 g/mol. The molecule has 0 aliphatic carbocycles. The number of H-pyrrole nitrogens is 1. The van der Waals surface area contributed by atoms with Crippen molar-refractivity contribution in [2.45, 2.75) is 6.92 Å². The molecule has 3 aromatic rings. The van der Waals surface area contributed by atoms with Crippen LogP contribution >= 0.6 is 11.3 Å². The molecular weight excluding hydrogens is 308 g/mol. The second-order valence-corrected chi connectivity index (χ2v) is 6.31. The number of aromatic amines is 1. The van der Waals surface area contributed by atoms with E-state index in [0.717, 1.165) is 15.3 Å². The maximum Gasteiger partial charge on any atom is 0.266 e. The molecule has 4 nitrogen and oxygen atoms in total. The number of hydrogen-bond acceptors (Lipinski definition) is 4. The smallest absolute Gasteiger partial charge is 0.266 e. The van der Waals surface area contributed by atoms with Crippen molar-refractivity contribution in [3.05, 3.63) is 63.3 Å². The molecule has 23 heavy (non-hydrogen) atoms. The average molecular weight is 322 g/mol. The minimum absolute atomic E-state index is 0.0894. The van der Waals surface area contributed by atoms with Crippen molar-refractivity contribution in [1.29, 1.82) is 5.26 Å². The number of pyridine rings is 1. The summed E-state index contributed by atoms with van der Waals surface area (Å²) in [6, 6.07) is 15.2. The van der Waals surface area contributed by atoms with Gasteiger partial charge in [0, 0.05) is 16.0 Å². The lowest BCUT2D eigenvalue weighted by atomic mass is 9.99. The zero-order valence-electron chi connectivity index (χ0n) is 12.7. The number of thiophene rings is 1. The van der Waals surface area contributed by atoms with Crippen molar-refractivity contribution in [2.24, 2.45) is 0 Å². The number of aryl methyl sites for hydroxylation is 1. The van der Waals surface area contributed by atoms with E-state index in [0.29, 0.717) is 17.0 Å². The van der Waals surface area contributed by atoms with Gasteiger partial charge in [0.05, 0.1) is 17.7 Å². The molecule has 0 aliphatic heterocycles. The predicted octanol–water partition coefficient (Wildman–Crippen LogP) is 3.96. The van der Waals surface area contributed by atoms with E-state index in [4.69, 9.17) is 4.74 Å². The van der Waals surface area contributed by atoms with Crippen molar-refractivity contribution < 1.29 is 4.74 Å². The van der Waals surface area contributed by atoms with Crippen LogP contribution in [0.1, 0.15) is 10.4 Å². The van der Waals surface area contributed by atoms with E-state index in [9.17, 15) is 10.1 Å². The fourth-order valence-electron chi connectivity index (χ4n) is 2.46. The molecule has 0 saturated heterocycles. The van der Waals surface area contributed by atoms with Crippen LogP contribution in [-0.4, -0.2) is 12.1 Å². The first-order valence-electron chi connectivity index (χ1n) is 7.01. The molecule has 0 aliphatic rings. The lowest BCUT2D eigenvalue weighted by molar-refractivity contribution is 0.416. The van der Waals surface area contributed by atoms with Gasteiger partial charge in [-0.3, -0.25) is 4.79 Å². The van der Waals surface area contributed by atoms with Crippen LogP contribution in [0.5, 0.6) is 5.75 Å². The highest BCUT2D eigenvalue weighted by Crippen LogP contribution is 2.34. The Labute approximate surface area is 137 Å². The van der Waals surface area contributed by atoms with Crippen molar-refractivity contribution in [3.63, 3.8) is 0 Å². The number of methoxy groups -OCH3 is 1. The van der Waals surface area contributed by atoms with Gasteiger partial charge in [-0.05, 0) is 31.2 Å². The second kappa shape index (κ2) is 6.11. The Morgan fingerprint density at radius 1 is 1.17 bits per heavy atom. The molecule has 0 unspecified atom stereocenters. The number of rotatable bonds is 3. The Kier molecular flexibility index (Phi) is 4.00. The van der Waals surface area contributed by atoms with E-state index in [1.807, 2.05) is 55.5 Å². The number of nitriles is 1. The van der Waals surface area contributed by atoms with Gasteiger partial charge in [0.25, 0.3) is 5.56 Å². The highest BCUT2D eigenvalue weighted by atomic mass is 32.1. The Morgan fingerprint density at radius 3 is 2.61 bits per heavy atom. The molecule has 0 atom stereocenters. The molecule has 0 fully saturated rings. The zero-order valence-corrected chi connectivity index (χ0v) is 13.5. The van der Waals surface area contributed by atoms with Crippen molar-refractivity contribution in [2.75, 3.05) is 7.11 Å². The van der Waals surface area contributed by atoms with Gasteiger partial charge >= 0.3 is 0 Å². The van der Waals surface area contributed by atoms with Crippen LogP contribution in [0.4, 0.5) is 0 Å². The van der Waals surface area contributed by atoms with Crippen LogP contribution in [0.2, 0.25) is 0 Å². The number of para-hydroxylation sites is 1. The Hall–Kier alpha value is -2.84. The van der Waals surface area contributed by atoms with Crippen LogP contribution in [0.25, 0.3) is 21.7 Å². The van der Waals surface area contributed by atoms with Gasteiger partial charge in [-0.15, -0.1) is 11.3 Å². The van der Waals surface area contributed by atoms with Crippen molar-refractivity contribution in [1.82, 2.24) is 4.98 Å². The minimum Gasteiger partial charge on any atom is -0.496 e. The van der Waals surface area contributed by atoms with Gasteiger partial charge in [-0.25, -0.2) is 0 Å². The van der Waals surface area contributed by atoms with E-state index in [1.165, 1.54) is 0 Å². The van der Waals surface area contributed by atoms with Crippen LogP contribution in [0.15, 0.2) is 47.3 Å². The molecule has 2 aromatic heterocycles. The molecule has 1 aromatic carbocycles. The van der Waals surface area contributed by atoms with Gasteiger partial charge in [0.1, 0.15) is 17.4 Å². The minimum atomic E-state index is -0.392. The molecule has 1 N–H and O–H groups in total. The molecule has 114 valence electrons. The highest BCUT2D eigenvalue weighted by Gasteiger charge is 2.16. The van der Waals surface area contributed by atoms with Gasteiger partial charge in [0.15, 0.2) is 0 Å². The first kappa shape index (κ1) is 15.1. The summed E-state index contributed by atoms with van der Waals surface area (Å²) >= 11 is 1.59. The van der Waals surface area contributed by atoms with Crippen molar-refractivity contribution >= 4 is 11.3 Å². The van der Waals surface area contributed by atoms with Crippen LogP contribution in [0, 0.1) is 18.3 Å². The number of nitrogens with zero attached hydrogens (tertiary/aromatic N) is 1. The summed E-state index contributed by atoms with van der Waals surface area (Å²) in [5.74, 6) is 0.628. The molecule has 0 saturated carbocycles. The summed E-state index contributed by atoms with van der Waals surface area (Å²) in [7, 11) is 1.57. The molecule has 0 amide bonds. The molecule has 0 spiro atoms. The average Bonchev–Trinajstić information content (AvgIpc) is 3.00. The summed E-state index contributed by atoms with van der Waals surface area (Å²) in [4.78, 5) is 17.2. The van der Waals surface area contributed by atoms with E-state index in [-0.39, 0.29) is 5.56 Å². The largest absolute Gasteiger partial charge is 0.496 e. The SMILES string of the molecule is COc1ccccc1-c1cc(-c2ccc(C)s2)[nH]c(=O)c1C#N. The third-order valence-electron chi connectivity index (χ3n) is 3.55. The fraction of sp³-hybridized carbons (Fsp3) is 0.111. The molecule has 2 heterocycles. The number of hydrogen-bond donors (Lipinski definition) is 1. The first-order valence-corrected chi connectivity index (χ1v) is 7.83. The summed E-state index contributed by atoms with van der Waals surface area (Å²) in [5, 5.41) is 9.38. The second-order valence-electron chi connectivity index (χ2n) is 5.02. The zero-order chi connectivity index (χ0) is 16.4. The molecule has 3 rings (SSSR count). The van der Waals surface area contributed by atoms with Gasteiger partial charge in [0.2, 0.25) is 0 Å². The maximum absolute atomic E-state index is 12.3. The van der Waals surface area contributed by atoms with Crippen LogP contribution in [-0.2, 0) is 0 Å². The van der Waals surface area contributed by atoms with Crippen molar-refractivity contribution in [3.8, 4) is 33.5 Å². The van der Waals surface area contributed by atoms with Gasteiger partial charge < -0.3 is 9.72 Å². The standard InChI is InChI=1S/C18H14N2O2S/c1-11-7-8-17(23-11)15-9-13(14(10-19)18(21)20-15)12-5-3-4-6-16(12)22-2/h3-9H,1-2H3,(H,20,21). The first-order chi connectivity index (χ1) is 11.1. The third-order valence-corrected chi connectivity index (χ3v) is 4.58. The quantitative estimate of drug-likeness (QED) is 0.793. The Balaban J connectivity index is 2.29. The summed E-state index contributed by atoms with van der Waals surface area (Å²) in [6.07, 6.45) is 0. The summed E-state index contributed by atoms with van der Waals surface area (Å²) < 4.78 is 5.37. The maximum atomic E-state index is 12.3. The van der Waals surface area contributed by atoms with Crippen LogP contribution in [0.3, 0.4) is 0 Å². The van der Waals surface area contributed by atoms with E-state index in [1.54, 1.807) is 18.4 Å². The topological polar surface area (TPSA) is 65.9 Å².